The minimum atomic E-state index is -3.24. The molecular formula is C8H11ClN2O2S. The third kappa shape index (κ3) is 1.93. The molecule has 0 amide bonds. The van der Waals surface area contributed by atoms with Crippen molar-refractivity contribution in [3.8, 4) is 0 Å². The van der Waals surface area contributed by atoms with Crippen LogP contribution in [-0.2, 0) is 16.4 Å². The lowest BCUT2D eigenvalue weighted by molar-refractivity contribution is 0.554. The predicted molar refractivity (Wildman–Crippen MR) is 53.2 cm³/mol. The molecule has 0 aliphatic heterocycles. The Morgan fingerprint density at radius 2 is 2.29 bits per heavy atom. The monoisotopic (exact) mass is 234 g/mol. The number of nitrogens with zero attached hydrogens (tertiary/aromatic N) is 2. The van der Waals surface area contributed by atoms with Crippen molar-refractivity contribution in [3.05, 3.63) is 12.4 Å². The minimum absolute atomic E-state index is 0.101. The highest BCUT2D eigenvalue weighted by atomic mass is 35.5. The van der Waals surface area contributed by atoms with Gasteiger partial charge < -0.3 is 4.57 Å². The summed E-state index contributed by atoms with van der Waals surface area (Å²) in [7, 11) is -3.24. The highest BCUT2D eigenvalue weighted by Crippen LogP contribution is 2.44. The highest BCUT2D eigenvalue weighted by Gasteiger charge is 2.41. The van der Waals surface area contributed by atoms with E-state index in [4.69, 9.17) is 11.6 Å². The van der Waals surface area contributed by atoms with E-state index in [0.29, 0.717) is 6.54 Å². The molecule has 1 aromatic heterocycles. The van der Waals surface area contributed by atoms with E-state index >= 15 is 0 Å². The van der Waals surface area contributed by atoms with Crippen LogP contribution in [0, 0.1) is 0 Å². The number of hydrogen-bond donors (Lipinski definition) is 0. The van der Waals surface area contributed by atoms with E-state index in [1.165, 1.54) is 6.20 Å². The second kappa shape index (κ2) is 2.97. The maximum absolute atomic E-state index is 11.3. The summed E-state index contributed by atoms with van der Waals surface area (Å²) in [5.41, 5.74) is 0. The number of alkyl halides is 1. The Morgan fingerprint density at radius 3 is 2.79 bits per heavy atom. The lowest BCUT2D eigenvalue weighted by Crippen LogP contribution is -2.15. The van der Waals surface area contributed by atoms with Crippen LogP contribution in [-0.4, -0.2) is 29.1 Å². The van der Waals surface area contributed by atoms with Crippen LogP contribution in [0.25, 0.3) is 0 Å². The van der Waals surface area contributed by atoms with Crippen LogP contribution in [0.4, 0.5) is 0 Å². The molecule has 1 heterocycles. The fraction of sp³-hybridized carbons (Fsp3) is 0.625. The van der Waals surface area contributed by atoms with E-state index < -0.39 is 9.84 Å². The Bertz CT molecular complexity index is 448. The van der Waals surface area contributed by atoms with Gasteiger partial charge in [0.1, 0.15) is 0 Å². The summed E-state index contributed by atoms with van der Waals surface area (Å²) in [6.45, 7) is 0.525. The van der Waals surface area contributed by atoms with Crippen molar-refractivity contribution in [2.45, 2.75) is 29.4 Å². The number of imidazole rings is 1. The molecule has 0 saturated heterocycles. The van der Waals surface area contributed by atoms with Crippen LogP contribution in [0.15, 0.2) is 17.6 Å². The molecule has 6 heteroatoms. The molecule has 2 rings (SSSR count). The predicted octanol–water partition coefficient (Wildman–Crippen LogP) is 1.06. The minimum Gasteiger partial charge on any atom is -0.320 e. The summed E-state index contributed by atoms with van der Waals surface area (Å²) in [5, 5.41) is 0.101. The van der Waals surface area contributed by atoms with E-state index in [1.807, 2.05) is 0 Å². The summed E-state index contributed by atoms with van der Waals surface area (Å²) in [6.07, 6.45) is 6.17. The van der Waals surface area contributed by atoms with Gasteiger partial charge in [-0.15, -0.1) is 11.6 Å². The SMILES string of the molecule is CS(=O)(=O)c1nccn1CC1(Cl)CC1. The quantitative estimate of drug-likeness (QED) is 0.735. The zero-order chi connectivity index (χ0) is 10.4. The fourth-order valence-electron chi connectivity index (χ4n) is 1.34. The van der Waals surface area contributed by atoms with Gasteiger partial charge in [0, 0.05) is 25.2 Å². The van der Waals surface area contributed by atoms with Crippen molar-refractivity contribution < 1.29 is 8.42 Å². The topological polar surface area (TPSA) is 52.0 Å². The van der Waals surface area contributed by atoms with Crippen molar-refractivity contribution in [2.24, 2.45) is 0 Å². The average molecular weight is 235 g/mol. The van der Waals surface area contributed by atoms with Crippen LogP contribution in [0.1, 0.15) is 12.8 Å². The van der Waals surface area contributed by atoms with E-state index in [0.717, 1.165) is 19.1 Å². The Labute approximate surface area is 87.8 Å². The van der Waals surface area contributed by atoms with Crippen molar-refractivity contribution in [2.75, 3.05) is 6.26 Å². The van der Waals surface area contributed by atoms with Gasteiger partial charge in [0.25, 0.3) is 0 Å². The first-order valence-electron chi connectivity index (χ1n) is 4.31. The summed E-state index contributed by atoms with van der Waals surface area (Å²) < 4.78 is 24.2. The maximum atomic E-state index is 11.3. The van der Waals surface area contributed by atoms with Gasteiger partial charge in [-0.25, -0.2) is 13.4 Å². The van der Waals surface area contributed by atoms with Crippen LogP contribution in [0.2, 0.25) is 0 Å². The first kappa shape index (κ1) is 9.98. The molecule has 1 aliphatic carbocycles. The van der Waals surface area contributed by atoms with Crippen molar-refractivity contribution >= 4 is 21.4 Å². The molecule has 0 unspecified atom stereocenters. The normalized spacial score (nSPS) is 19.6. The zero-order valence-corrected chi connectivity index (χ0v) is 9.35. The van der Waals surface area contributed by atoms with Crippen LogP contribution >= 0.6 is 11.6 Å². The molecule has 4 nitrogen and oxygen atoms in total. The van der Waals surface area contributed by atoms with Gasteiger partial charge in [-0.05, 0) is 12.8 Å². The smallest absolute Gasteiger partial charge is 0.227 e. The lowest BCUT2D eigenvalue weighted by Gasteiger charge is -2.09. The lowest BCUT2D eigenvalue weighted by atomic mass is 10.4. The molecule has 14 heavy (non-hydrogen) atoms. The van der Waals surface area contributed by atoms with Gasteiger partial charge in [-0.2, -0.15) is 0 Å². The number of hydrogen-bond acceptors (Lipinski definition) is 3. The number of halogens is 1. The molecule has 1 fully saturated rings. The molecule has 78 valence electrons. The largest absolute Gasteiger partial charge is 0.320 e. The van der Waals surface area contributed by atoms with Crippen molar-refractivity contribution in [1.82, 2.24) is 9.55 Å². The summed E-state index contributed by atoms with van der Waals surface area (Å²) in [4.78, 5) is 3.58. The van der Waals surface area contributed by atoms with Gasteiger partial charge in [0.2, 0.25) is 15.0 Å². The molecule has 1 aromatic rings. The highest BCUT2D eigenvalue weighted by molar-refractivity contribution is 7.90. The van der Waals surface area contributed by atoms with Gasteiger partial charge in [-0.3, -0.25) is 0 Å². The maximum Gasteiger partial charge on any atom is 0.227 e. The van der Waals surface area contributed by atoms with Gasteiger partial charge >= 0.3 is 0 Å². The van der Waals surface area contributed by atoms with Crippen molar-refractivity contribution in [1.29, 1.82) is 0 Å². The summed E-state index contributed by atoms with van der Waals surface area (Å²) in [6, 6.07) is 0. The van der Waals surface area contributed by atoms with Crippen LogP contribution in [0.3, 0.4) is 0 Å². The number of sulfone groups is 1. The van der Waals surface area contributed by atoms with Gasteiger partial charge in [-0.1, -0.05) is 0 Å². The van der Waals surface area contributed by atoms with Gasteiger partial charge in [0.15, 0.2) is 0 Å². The Morgan fingerprint density at radius 1 is 1.64 bits per heavy atom. The Hall–Kier alpha value is -0.550. The van der Waals surface area contributed by atoms with Crippen LogP contribution in [0.5, 0.6) is 0 Å². The third-order valence-electron chi connectivity index (χ3n) is 2.26. The molecular weight excluding hydrogens is 224 g/mol. The number of rotatable bonds is 3. The number of aromatic nitrogens is 2. The average Bonchev–Trinajstić information content (AvgIpc) is 2.61. The second-order valence-corrected chi connectivity index (χ2v) is 6.47. The molecule has 0 bridgehead atoms. The molecule has 0 spiro atoms. The third-order valence-corrected chi connectivity index (χ3v) is 3.76. The van der Waals surface area contributed by atoms with Crippen LogP contribution < -0.4 is 0 Å². The van der Waals surface area contributed by atoms with E-state index in [2.05, 4.69) is 4.98 Å². The first-order valence-corrected chi connectivity index (χ1v) is 6.58. The van der Waals surface area contributed by atoms with E-state index in [1.54, 1.807) is 10.8 Å². The second-order valence-electron chi connectivity index (χ2n) is 3.76. The molecule has 0 atom stereocenters. The summed E-state index contributed by atoms with van der Waals surface area (Å²) >= 11 is 6.11. The molecule has 0 aromatic carbocycles. The summed E-state index contributed by atoms with van der Waals surface area (Å²) in [5.74, 6) is 0. The van der Waals surface area contributed by atoms with E-state index in [9.17, 15) is 8.42 Å². The molecule has 0 N–H and O–H groups in total. The Kier molecular flexibility index (Phi) is 2.12. The molecule has 1 saturated carbocycles. The molecule has 0 radical (unpaired) electrons. The first-order chi connectivity index (χ1) is 6.41. The fourth-order valence-corrected chi connectivity index (χ4v) is 2.37. The standard InChI is InChI=1S/C8H11ClN2O2S/c1-14(12,13)7-10-4-5-11(7)6-8(9)2-3-8/h4-5H,2-3,6H2,1H3. The zero-order valence-electron chi connectivity index (χ0n) is 7.77. The van der Waals surface area contributed by atoms with E-state index in [-0.39, 0.29) is 10.0 Å². The Balaban J connectivity index is 2.30. The molecule has 1 aliphatic rings. The van der Waals surface area contributed by atoms with Crippen molar-refractivity contribution in [3.63, 3.8) is 0 Å². The van der Waals surface area contributed by atoms with Gasteiger partial charge in [0.05, 0.1) is 4.87 Å².